The third kappa shape index (κ3) is 4.41. The van der Waals surface area contributed by atoms with Crippen LogP contribution in [0, 0.1) is 0 Å². The Labute approximate surface area is 199 Å². The number of carbonyl (C=O) groups excluding carboxylic acids is 2. The van der Waals surface area contributed by atoms with Gasteiger partial charge in [0.1, 0.15) is 12.4 Å². The summed E-state index contributed by atoms with van der Waals surface area (Å²) in [5.41, 5.74) is 2.74. The van der Waals surface area contributed by atoms with E-state index in [1.165, 1.54) is 42.6 Å². The molecule has 1 aliphatic rings. The van der Waals surface area contributed by atoms with E-state index >= 15 is 0 Å². The molecule has 0 amide bonds. The number of Topliss-reactive ketones (excluding diaryl/α,β-unsaturated/α-hetero) is 1. The molecule has 1 aliphatic heterocycles. The first kappa shape index (κ1) is 23.5. The van der Waals surface area contributed by atoms with Gasteiger partial charge in [0.05, 0.1) is 23.3 Å². The van der Waals surface area contributed by atoms with Gasteiger partial charge in [0.25, 0.3) is 10.0 Å². The highest BCUT2D eigenvalue weighted by Gasteiger charge is 2.36. The fraction of sp³-hybridized carbons (Fsp3) is 0.231. The lowest BCUT2D eigenvalue weighted by Crippen LogP contribution is -2.35. The Hall–Kier alpha value is -3.65. The molecule has 176 valence electrons. The molecule has 0 saturated carbocycles. The van der Waals surface area contributed by atoms with Gasteiger partial charge in [-0.05, 0) is 68.3 Å². The van der Waals surface area contributed by atoms with Gasteiger partial charge < -0.3 is 9.47 Å². The highest BCUT2D eigenvalue weighted by molar-refractivity contribution is 7.92. The third-order valence-corrected chi connectivity index (χ3v) is 7.74. The van der Waals surface area contributed by atoms with Crippen LogP contribution < -0.4 is 9.04 Å². The van der Waals surface area contributed by atoms with E-state index in [9.17, 15) is 18.0 Å². The van der Waals surface area contributed by atoms with Crippen molar-refractivity contribution in [2.75, 3.05) is 11.4 Å². The summed E-state index contributed by atoms with van der Waals surface area (Å²) in [6.45, 7) is 3.18. The smallest absolute Gasteiger partial charge is 0.338 e. The van der Waals surface area contributed by atoms with Gasteiger partial charge in [0.2, 0.25) is 0 Å². The van der Waals surface area contributed by atoms with Gasteiger partial charge in [0, 0.05) is 17.2 Å². The Morgan fingerprint density at radius 2 is 1.76 bits per heavy atom. The molecule has 0 bridgehead atoms. The fourth-order valence-electron chi connectivity index (χ4n) is 4.14. The van der Waals surface area contributed by atoms with E-state index in [2.05, 4.69) is 0 Å². The van der Waals surface area contributed by atoms with Crippen LogP contribution in [0.15, 0.2) is 71.6 Å². The van der Waals surface area contributed by atoms with Crippen molar-refractivity contribution in [2.45, 2.75) is 37.8 Å². The number of esters is 1. The molecule has 3 aromatic carbocycles. The molecule has 0 N–H and O–H groups in total. The number of benzene rings is 3. The second kappa shape index (κ2) is 9.30. The number of sulfonamides is 1. The van der Waals surface area contributed by atoms with Crippen LogP contribution in [0.4, 0.5) is 5.69 Å². The van der Waals surface area contributed by atoms with Crippen LogP contribution in [0.5, 0.6) is 5.75 Å². The summed E-state index contributed by atoms with van der Waals surface area (Å²) in [6.07, 6.45) is 0.623. The zero-order valence-electron chi connectivity index (χ0n) is 19.1. The van der Waals surface area contributed by atoms with Gasteiger partial charge in [-0.3, -0.25) is 9.10 Å². The Bertz CT molecular complexity index is 1370. The van der Waals surface area contributed by atoms with Crippen LogP contribution in [0.25, 0.3) is 0 Å². The first-order valence-corrected chi connectivity index (χ1v) is 12.2. The highest BCUT2D eigenvalue weighted by atomic mass is 32.2. The zero-order valence-corrected chi connectivity index (χ0v) is 20.0. The van der Waals surface area contributed by atoms with Crippen molar-refractivity contribution in [3.63, 3.8) is 0 Å². The molecule has 0 spiro atoms. The van der Waals surface area contributed by atoms with Crippen molar-refractivity contribution in [3.8, 4) is 5.75 Å². The molecular weight excluding hydrogens is 454 g/mol. The second-order valence-corrected chi connectivity index (χ2v) is 9.98. The molecule has 0 aromatic heterocycles. The van der Waals surface area contributed by atoms with Crippen molar-refractivity contribution in [2.24, 2.45) is 0 Å². The Kier molecular flexibility index (Phi) is 6.43. The fourth-order valence-corrected chi connectivity index (χ4v) is 5.88. The summed E-state index contributed by atoms with van der Waals surface area (Å²) in [5, 5.41) is 0. The molecule has 0 radical (unpaired) electrons. The van der Waals surface area contributed by atoms with Gasteiger partial charge in [-0.15, -0.1) is 0 Å². The lowest BCUT2D eigenvalue weighted by molar-refractivity contribution is 0.0470. The average molecular weight is 480 g/mol. The number of anilines is 1. The quantitative estimate of drug-likeness (QED) is 0.369. The molecule has 0 saturated heterocycles. The standard InChI is InChI=1S/C26H25NO6S/c1-17-13-20-7-4-5-10-24(20)27(17)34(30,31)23-9-6-8-21(15-23)26(29)33-16-22-14-19(18(2)28)11-12-25(22)32-3/h4-12,14-15,17H,13,16H2,1-3H3. The number of para-hydroxylation sites is 1. The maximum atomic E-state index is 13.5. The normalized spacial score (nSPS) is 15.0. The predicted molar refractivity (Wildman–Crippen MR) is 128 cm³/mol. The topological polar surface area (TPSA) is 90.0 Å². The van der Waals surface area contributed by atoms with Gasteiger partial charge >= 0.3 is 5.97 Å². The average Bonchev–Trinajstić information content (AvgIpc) is 3.18. The lowest BCUT2D eigenvalue weighted by Gasteiger charge is -2.24. The minimum Gasteiger partial charge on any atom is -0.496 e. The van der Waals surface area contributed by atoms with Crippen molar-refractivity contribution in [1.82, 2.24) is 0 Å². The summed E-state index contributed by atoms with van der Waals surface area (Å²) in [5.74, 6) is -0.316. The van der Waals surface area contributed by atoms with E-state index in [1.807, 2.05) is 25.1 Å². The summed E-state index contributed by atoms with van der Waals surface area (Å²) in [4.78, 5) is 24.5. The van der Waals surface area contributed by atoms with Gasteiger partial charge in [0.15, 0.2) is 5.78 Å². The molecule has 1 unspecified atom stereocenters. The largest absolute Gasteiger partial charge is 0.496 e. The SMILES string of the molecule is COc1ccc(C(C)=O)cc1COC(=O)c1cccc(S(=O)(=O)N2c3ccccc3CC2C)c1. The maximum absolute atomic E-state index is 13.5. The second-order valence-electron chi connectivity index (χ2n) is 8.17. The molecule has 7 nitrogen and oxygen atoms in total. The number of ether oxygens (including phenoxy) is 2. The molecule has 1 atom stereocenters. The molecule has 1 heterocycles. The van der Waals surface area contributed by atoms with E-state index in [4.69, 9.17) is 9.47 Å². The van der Waals surface area contributed by atoms with Crippen LogP contribution in [0.1, 0.15) is 45.7 Å². The van der Waals surface area contributed by atoms with Crippen LogP contribution >= 0.6 is 0 Å². The minimum atomic E-state index is -3.88. The Morgan fingerprint density at radius 1 is 1.00 bits per heavy atom. The first-order chi connectivity index (χ1) is 16.2. The van der Waals surface area contributed by atoms with Gasteiger partial charge in [-0.25, -0.2) is 13.2 Å². The summed E-state index contributed by atoms with van der Waals surface area (Å²) in [7, 11) is -2.40. The molecule has 3 aromatic rings. The van der Waals surface area contributed by atoms with E-state index in [1.54, 1.807) is 24.3 Å². The summed E-state index contributed by atoms with van der Waals surface area (Å²) >= 11 is 0. The third-order valence-electron chi connectivity index (χ3n) is 5.82. The first-order valence-electron chi connectivity index (χ1n) is 10.8. The van der Waals surface area contributed by atoms with Crippen LogP contribution in [0.3, 0.4) is 0 Å². The zero-order chi connectivity index (χ0) is 24.5. The Morgan fingerprint density at radius 3 is 2.50 bits per heavy atom. The van der Waals surface area contributed by atoms with Crippen LogP contribution in [-0.4, -0.2) is 33.3 Å². The molecule has 34 heavy (non-hydrogen) atoms. The van der Waals surface area contributed by atoms with Crippen molar-refractivity contribution in [1.29, 1.82) is 0 Å². The number of rotatable bonds is 7. The number of hydrogen-bond acceptors (Lipinski definition) is 6. The molecule has 8 heteroatoms. The van der Waals surface area contributed by atoms with Gasteiger partial charge in [-0.1, -0.05) is 24.3 Å². The molecule has 4 rings (SSSR count). The minimum absolute atomic E-state index is 0.0154. The van der Waals surface area contributed by atoms with Crippen molar-refractivity contribution in [3.05, 3.63) is 89.0 Å². The van der Waals surface area contributed by atoms with Crippen LogP contribution in [-0.2, 0) is 27.8 Å². The number of fused-ring (bicyclic) bond motifs is 1. The summed E-state index contributed by atoms with van der Waals surface area (Å²) in [6, 6.07) is 17.9. The van der Waals surface area contributed by atoms with Crippen molar-refractivity contribution < 1.29 is 27.5 Å². The Balaban J connectivity index is 1.57. The summed E-state index contributed by atoms with van der Waals surface area (Å²) < 4.78 is 39.1. The number of ketones is 1. The monoisotopic (exact) mass is 479 g/mol. The van der Waals surface area contributed by atoms with E-state index in [0.717, 1.165) is 5.56 Å². The highest BCUT2D eigenvalue weighted by Crippen LogP contribution is 2.36. The predicted octanol–water partition coefficient (Wildman–Crippen LogP) is 4.39. The van der Waals surface area contributed by atoms with Gasteiger partial charge in [-0.2, -0.15) is 0 Å². The number of carbonyl (C=O) groups is 2. The number of nitrogens with zero attached hydrogens (tertiary/aromatic N) is 1. The molecule has 0 fully saturated rings. The lowest BCUT2D eigenvalue weighted by atomic mass is 10.1. The number of methoxy groups -OCH3 is 1. The molecule has 0 aliphatic carbocycles. The maximum Gasteiger partial charge on any atom is 0.338 e. The van der Waals surface area contributed by atoms with E-state index in [-0.39, 0.29) is 28.9 Å². The number of hydrogen-bond donors (Lipinski definition) is 0. The molecular formula is C26H25NO6S. The van der Waals surface area contributed by atoms with E-state index in [0.29, 0.717) is 29.0 Å². The van der Waals surface area contributed by atoms with Crippen molar-refractivity contribution >= 4 is 27.5 Å². The van der Waals surface area contributed by atoms with Crippen LogP contribution in [0.2, 0.25) is 0 Å². The van der Waals surface area contributed by atoms with E-state index < -0.39 is 16.0 Å².